The second-order valence-corrected chi connectivity index (χ2v) is 6.30. The zero-order chi connectivity index (χ0) is 16.7. The molecule has 1 aliphatic carbocycles. The fraction of sp³-hybridized carbons (Fsp3) is 0.556. The first-order valence-corrected chi connectivity index (χ1v) is 8.34. The molecule has 0 aliphatic heterocycles. The maximum Gasteiger partial charge on any atom is 0.408 e. The molecule has 0 radical (unpaired) electrons. The molecule has 1 aliphatic rings. The third-order valence-electron chi connectivity index (χ3n) is 4.38. The highest BCUT2D eigenvalue weighted by molar-refractivity contribution is 5.85. The van der Waals surface area contributed by atoms with E-state index in [1.165, 1.54) is 6.42 Å². The number of hydrogen-bond acceptors (Lipinski definition) is 3. The standard InChI is InChI=1S/C18H26N2O3/c1-13-8-6-7-11-16(13)20-17(21)14(2)19-18(22)23-12-15-9-4-3-5-10-15/h3-5,9-10,13-14,16H,6-8,11-12H2,1-2H3,(H,19,22)(H,20,21)/t13-,14-,16+/m0/s1. The average Bonchev–Trinajstić information content (AvgIpc) is 2.56. The summed E-state index contributed by atoms with van der Waals surface area (Å²) in [6.07, 6.45) is 3.96. The summed E-state index contributed by atoms with van der Waals surface area (Å²) in [5.74, 6) is 0.338. The maximum absolute atomic E-state index is 12.2. The highest BCUT2D eigenvalue weighted by Crippen LogP contribution is 2.23. The van der Waals surface area contributed by atoms with Crippen molar-refractivity contribution < 1.29 is 14.3 Å². The van der Waals surface area contributed by atoms with Gasteiger partial charge in [-0.15, -0.1) is 0 Å². The van der Waals surface area contributed by atoms with Crippen molar-refractivity contribution in [2.24, 2.45) is 5.92 Å². The Kier molecular flexibility index (Phi) is 6.44. The van der Waals surface area contributed by atoms with E-state index in [-0.39, 0.29) is 18.6 Å². The summed E-state index contributed by atoms with van der Waals surface area (Å²) in [6.45, 7) is 4.03. The number of carbonyl (C=O) groups is 2. The minimum atomic E-state index is -0.604. The van der Waals surface area contributed by atoms with E-state index in [1.807, 2.05) is 30.3 Å². The molecule has 23 heavy (non-hydrogen) atoms. The molecule has 0 unspecified atom stereocenters. The molecule has 126 valence electrons. The predicted molar refractivity (Wildman–Crippen MR) is 88.8 cm³/mol. The van der Waals surface area contributed by atoms with E-state index in [4.69, 9.17) is 4.74 Å². The quantitative estimate of drug-likeness (QED) is 0.877. The Morgan fingerprint density at radius 2 is 1.91 bits per heavy atom. The van der Waals surface area contributed by atoms with Crippen LogP contribution in [0.1, 0.15) is 45.1 Å². The minimum absolute atomic E-state index is 0.152. The Hall–Kier alpha value is -2.04. The van der Waals surface area contributed by atoms with Gasteiger partial charge in [-0.1, -0.05) is 50.1 Å². The molecule has 1 fully saturated rings. The van der Waals surface area contributed by atoms with Crippen LogP contribution < -0.4 is 10.6 Å². The minimum Gasteiger partial charge on any atom is -0.445 e. The van der Waals surface area contributed by atoms with Gasteiger partial charge in [0.25, 0.3) is 0 Å². The molecule has 2 amide bonds. The van der Waals surface area contributed by atoms with E-state index in [0.717, 1.165) is 24.8 Å². The zero-order valence-corrected chi connectivity index (χ0v) is 13.9. The average molecular weight is 318 g/mol. The topological polar surface area (TPSA) is 67.4 Å². The molecule has 5 nitrogen and oxygen atoms in total. The lowest BCUT2D eigenvalue weighted by Gasteiger charge is -2.30. The summed E-state index contributed by atoms with van der Waals surface area (Å²) in [4.78, 5) is 24.0. The normalized spacial score (nSPS) is 22.0. The molecule has 3 atom stereocenters. The van der Waals surface area contributed by atoms with Crippen molar-refractivity contribution in [1.29, 1.82) is 0 Å². The number of rotatable bonds is 5. The van der Waals surface area contributed by atoms with E-state index >= 15 is 0 Å². The van der Waals surface area contributed by atoms with Crippen molar-refractivity contribution >= 4 is 12.0 Å². The molecule has 0 aromatic heterocycles. The van der Waals surface area contributed by atoms with Crippen LogP contribution in [0.25, 0.3) is 0 Å². The molecule has 0 saturated heterocycles. The zero-order valence-electron chi connectivity index (χ0n) is 13.9. The van der Waals surface area contributed by atoms with E-state index in [0.29, 0.717) is 5.92 Å². The molecule has 0 heterocycles. The van der Waals surface area contributed by atoms with Gasteiger partial charge in [0.15, 0.2) is 0 Å². The second kappa shape index (κ2) is 8.56. The van der Waals surface area contributed by atoms with Gasteiger partial charge in [0.05, 0.1) is 0 Å². The Balaban J connectivity index is 1.73. The summed E-state index contributed by atoms with van der Waals surface area (Å²) in [5.41, 5.74) is 0.913. The Labute approximate surface area is 137 Å². The lowest BCUT2D eigenvalue weighted by molar-refractivity contribution is -0.124. The van der Waals surface area contributed by atoms with E-state index in [2.05, 4.69) is 17.6 Å². The van der Waals surface area contributed by atoms with Crippen molar-refractivity contribution in [1.82, 2.24) is 10.6 Å². The lowest BCUT2D eigenvalue weighted by atomic mass is 9.86. The first-order chi connectivity index (χ1) is 11.1. The molecule has 1 saturated carbocycles. The smallest absolute Gasteiger partial charge is 0.408 e. The summed E-state index contributed by atoms with van der Waals surface area (Å²) in [6, 6.07) is 9.05. The number of hydrogen-bond donors (Lipinski definition) is 2. The van der Waals surface area contributed by atoms with E-state index in [9.17, 15) is 9.59 Å². The van der Waals surface area contributed by atoms with Crippen LogP contribution in [0.15, 0.2) is 30.3 Å². The number of ether oxygens (including phenoxy) is 1. The van der Waals surface area contributed by atoms with E-state index in [1.54, 1.807) is 6.92 Å². The van der Waals surface area contributed by atoms with E-state index < -0.39 is 12.1 Å². The molecule has 2 N–H and O–H groups in total. The third kappa shape index (κ3) is 5.58. The summed E-state index contributed by atoms with van der Waals surface area (Å²) in [5, 5.41) is 5.62. The predicted octanol–water partition coefficient (Wildman–Crippen LogP) is 3.00. The van der Waals surface area contributed by atoms with Gasteiger partial charge in [-0.2, -0.15) is 0 Å². The molecular weight excluding hydrogens is 292 g/mol. The molecule has 0 spiro atoms. The van der Waals surface area contributed by atoms with Crippen molar-refractivity contribution in [2.75, 3.05) is 0 Å². The highest BCUT2D eigenvalue weighted by atomic mass is 16.5. The number of carbonyl (C=O) groups excluding carboxylic acids is 2. The Morgan fingerprint density at radius 3 is 2.61 bits per heavy atom. The van der Waals surface area contributed by atoms with Crippen LogP contribution in [-0.4, -0.2) is 24.1 Å². The van der Waals surface area contributed by atoms with Crippen LogP contribution in [0.2, 0.25) is 0 Å². The lowest BCUT2D eigenvalue weighted by Crippen LogP contribution is -2.50. The first kappa shape index (κ1) is 17.3. The molecular formula is C18H26N2O3. The second-order valence-electron chi connectivity index (χ2n) is 6.30. The monoisotopic (exact) mass is 318 g/mol. The first-order valence-electron chi connectivity index (χ1n) is 8.34. The van der Waals surface area contributed by atoms with Crippen molar-refractivity contribution in [3.63, 3.8) is 0 Å². The summed E-state index contributed by atoms with van der Waals surface area (Å²) < 4.78 is 5.13. The SMILES string of the molecule is C[C@H](NC(=O)OCc1ccccc1)C(=O)N[C@@H]1CCCC[C@@H]1C. The third-order valence-corrected chi connectivity index (χ3v) is 4.38. The highest BCUT2D eigenvalue weighted by Gasteiger charge is 2.25. The van der Waals surface area contributed by atoms with Crippen LogP contribution in [-0.2, 0) is 16.1 Å². The van der Waals surface area contributed by atoms with Crippen LogP contribution in [0.5, 0.6) is 0 Å². The fourth-order valence-electron chi connectivity index (χ4n) is 2.85. The van der Waals surface area contributed by atoms with Gasteiger partial charge >= 0.3 is 6.09 Å². The van der Waals surface area contributed by atoms with Gasteiger partial charge in [-0.05, 0) is 31.2 Å². The van der Waals surface area contributed by atoms with Gasteiger partial charge in [0.2, 0.25) is 5.91 Å². The Bertz CT molecular complexity index is 518. The largest absolute Gasteiger partial charge is 0.445 e. The summed E-state index contributed by atoms with van der Waals surface area (Å²) in [7, 11) is 0. The van der Waals surface area contributed by atoms with Crippen LogP contribution in [0, 0.1) is 5.92 Å². The molecule has 0 bridgehead atoms. The van der Waals surface area contributed by atoms with Crippen molar-refractivity contribution in [3.8, 4) is 0 Å². The van der Waals surface area contributed by atoms with Crippen molar-refractivity contribution in [3.05, 3.63) is 35.9 Å². The van der Waals surface area contributed by atoms with Gasteiger partial charge in [0.1, 0.15) is 12.6 Å². The molecule has 2 rings (SSSR count). The maximum atomic E-state index is 12.2. The molecule has 5 heteroatoms. The number of amides is 2. The number of nitrogens with one attached hydrogen (secondary N) is 2. The summed E-state index contributed by atoms with van der Waals surface area (Å²) >= 11 is 0. The van der Waals surface area contributed by atoms with Gasteiger partial charge in [-0.25, -0.2) is 4.79 Å². The Morgan fingerprint density at radius 1 is 1.22 bits per heavy atom. The van der Waals surface area contributed by atoms with Crippen LogP contribution in [0.4, 0.5) is 4.79 Å². The number of benzene rings is 1. The van der Waals surface area contributed by atoms with Crippen molar-refractivity contribution in [2.45, 2.75) is 58.2 Å². The molecule has 1 aromatic rings. The van der Waals surface area contributed by atoms with Crippen LogP contribution in [0.3, 0.4) is 0 Å². The van der Waals surface area contributed by atoms with Gasteiger partial charge < -0.3 is 15.4 Å². The van der Waals surface area contributed by atoms with Gasteiger partial charge in [-0.3, -0.25) is 4.79 Å². The number of alkyl carbamates (subject to hydrolysis) is 1. The fourth-order valence-corrected chi connectivity index (χ4v) is 2.85. The van der Waals surface area contributed by atoms with Gasteiger partial charge in [0, 0.05) is 6.04 Å². The molecule has 1 aromatic carbocycles. The van der Waals surface area contributed by atoms with Crippen LogP contribution >= 0.6 is 0 Å².